The summed E-state index contributed by atoms with van der Waals surface area (Å²) in [6, 6.07) is 5.50. The minimum atomic E-state index is -3.27. The Labute approximate surface area is 140 Å². The summed E-state index contributed by atoms with van der Waals surface area (Å²) in [5.41, 5.74) is 0.673. The molecule has 0 aromatic heterocycles. The second-order valence-corrected chi connectivity index (χ2v) is 8.51. The van der Waals surface area contributed by atoms with Gasteiger partial charge < -0.3 is 14.9 Å². The van der Waals surface area contributed by atoms with Gasteiger partial charge in [-0.3, -0.25) is 9.59 Å². The van der Waals surface area contributed by atoms with Gasteiger partial charge in [-0.25, -0.2) is 8.42 Å². The van der Waals surface area contributed by atoms with Crippen LogP contribution in [0.15, 0.2) is 24.3 Å². The van der Waals surface area contributed by atoms with Crippen molar-refractivity contribution in [3.05, 3.63) is 29.8 Å². The van der Waals surface area contributed by atoms with Crippen molar-refractivity contribution < 1.29 is 23.1 Å². The van der Waals surface area contributed by atoms with Crippen LogP contribution in [0, 0.1) is 0 Å². The minimum absolute atomic E-state index is 0.0861. The smallest absolute Gasteiger partial charge is 0.227 e. The van der Waals surface area contributed by atoms with E-state index < -0.39 is 21.9 Å². The standard InChI is InChI=1S/C16H20N2O5S/c1-11(19)17-5-6-18(15-10-24(22,23)9-14(15)17)16(21)8-12-3-2-4-13(20)7-12/h2-4,7,14-15,20H,5-6,8-10H2,1H3/t14-,15+/m1/s1. The molecule has 8 heteroatoms. The molecule has 130 valence electrons. The second kappa shape index (κ2) is 6.08. The van der Waals surface area contributed by atoms with Gasteiger partial charge in [0.15, 0.2) is 9.84 Å². The Morgan fingerprint density at radius 1 is 1.17 bits per heavy atom. The predicted molar refractivity (Wildman–Crippen MR) is 87.1 cm³/mol. The number of nitrogens with zero attached hydrogens (tertiary/aromatic N) is 2. The lowest BCUT2D eigenvalue weighted by atomic mass is 10.0. The van der Waals surface area contributed by atoms with Gasteiger partial charge in [0.25, 0.3) is 0 Å². The van der Waals surface area contributed by atoms with E-state index in [0.29, 0.717) is 18.7 Å². The van der Waals surface area contributed by atoms with E-state index in [2.05, 4.69) is 0 Å². The van der Waals surface area contributed by atoms with Gasteiger partial charge in [-0.15, -0.1) is 0 Å². The number of amides is 2. The number of hydrogen-bond acceptors (Lipinski definition) is 5. The molecule has 0 aliphatic carbocycles. The van der Waals surface area contributed by atoms with Crippen molar-refractivity contribution in [3.63, 3.8) is 0 Å². The Morgan fingerprint density at radius 3 is 2.42 bits per heavy atom. The molecule has 2 aliphatic heterocycles. The van der Waals surface area contributed by atoms with E-state index in [1.165, 1.54) is 19.1 Å². The average Bonchev–Trinajstić information content (AvgIpc) is 2.80. The van der Waals surface area contributed by atoms with Crippen LogP contribution in [0.1, 0.15) is 12.5 Å². The third-order valence-corrected chi connectivity index (χ3v) is 6.37. The monoisotopic (exact) mass is 352 g/mol. The summed E-state index contributed by atoms with van der Waals surface area (Å²) < 4.78 is 24.1. The number of fused-ring (bicyclic) bond motifs is 1. The number of aromatic hydroxyl groups is 1. The summed E-state index contributed by atoms with van der Waals surface area (Å²) in [4.78, 5) is 27.6. The third kappa shape index (κ3) is 3.24. The molecule has 7 nitrogen and oxygen atoms in total. The highest BCUT2D eigenvalue weighted by Gasteiger charge is 2.48. The number of carbonyl (C=O) groups excluding carboxylic acids is 2. The van der Waals surface area contributed by atoms with Crippen LogP contribution in [0.25, 0.3) is 0 Å². The van der Waals surface area contributed by atoms with Gasteiger partial charge in [-0.1, -0.05) is 12.1 Å². The van der Waals surface area contributed by atoms with Crippen LogP contribution >= 0.6 is 0 Å². The Morgan fingerprint density at radius 2 is 1.79 bits per heavy atom. The van der Waals surface area contributed by atoms with Crippen molar-refractivity contribution in [1.82, 2.24) is 9.80 Å². The topological polar surface area (TPSA) is 95.0 Å². The quantitative estimate of drug-likeness (QED) is 0.795. The molecule has 2 heterocycles. The molecule has 1 aromatic carbocycles. The van der Waals surface area contributed by atoms with Crippen molar-refractivity contribution in [2.45, 2.75) is 25.4 Å². The first-order chi connectivity index (χ1) is 11.3. The molecule has 1 N–H and O–H groups in total. The Hall–Kier alpha value is -2.09. The van der Waals surface area contributed by atoms with E-state index in [-0.39, 0.29) is 35.5 Å². The second-order valence-electron chi connectivity index (χ2n) is 6.36. The van der Waals surface area contributed by atoms with Crippen LogP contribution in [-0.4, -0.2) is 71.8 Å². The van der Waals surface area contributed by atoms with Gasteiger partial charge in [0.1, 0.15) is 5.75 Å². The lowest BCUT2D eigenvalue weighted by Gasteiger charge is -2.43. The fourth-order valence-corrected chi connectivity index (χ4v) is 5.58. The Bertz CT molecular complexity index is 776. The molecule has 2 aliphatic rings. The summed E-state index contributed by atoms with van der Waals surface area (Å²) in [6.45, 7) is 2.10. The number of sulfone groups is 1. The van der Waals surface area contributed by atoms with E-state index >= 15 is 0 Å². The molecule has 0 saturated carbocycles. The summed E-state index contributed by atoms with van der Waals surface area (Å²) in [5, 5.41) is 9.50. The number of hydrogen-bond donors (Lipinski definition) is 1. The van der Waals surface area contributed by atoms with Crippen molar-refractivity contribution in [1.29, 1.82) is 0 Å². The number of carbonyl (C=O) groups is 2. The lowest BCUT2D eigenvalue weighted by Crippen LogP contribution is -2.61. The number of benzene rings is 1. The molecule has 0 radical (unpaired) electrons. The molecular formula is C16H20N2O5S. The van der Waals surface area contributed by atoms with Crippen LogP contribution in [-0.2, 0) is 25.8 Å². The first-order valence-electron chi connectivity index (χ1n) is 7.82. The molecule has 2 amide bonds. The number of rotatable bonds is 2. The fourth-order valence-electron chi connectivity index (χ4n) is 3.60. The van der Waals surface area contributed by atoms with Crippen LogP contribution in [0.4, 0.5) is 0 Å². The molecule has 0 unspecified atom stereocenters. The highest BCUT2D eigenvalue weighted by Crippen LogP contribution is 2.27. The molecule has 0 spiro atoms. The minimum Gasteiger partial charge on any atom is -0.508 e. The van der Waals surface area contributed by atoms with Gasteiger partial charge in [0.05, 0.1) is 30.0 Å². The van der Waals surface area contributed by atoms with Gasteiger partial charge in [-0.2, -0.15) is 0 Å². The maximum Gasteiger partial charge on any atom is 0.227 e. The molecule has 24 heavy (non-hydrogen) atoms. The molecule has 0 bridgehead atoms. The van der Waals surface area contributed by atoms with Crippen molar-refractivity contribution >= 4 is 21.7 Å². The molecular weight excluding hydrogens is 332 g/mol. The average molecular weight is 352 g/mol. The Balaban J connectivity index is 1.81. The SMILES string of the molecule is CC(=O)N1CCN(C(=O)Cc2cccc(O)c2)[C@H]2CS(=O)(=O)C[C@H]21. The first kappa shape index (κ1) is 16.8. The number of phenolic OH excluding ortho intramolecular Hbond substituents is 1. The van der Waals surface area contributed by atoms with Gasteiger partial charge in [0.2, 0.25) is 11.8 Å². The first-order valence-corrected chi connectivity index (χ1v) is 9.64. The largest absolute Gasteiger partial charge is 0.508 e. The maximum absolute atomic E-state index is 12.7. The summed E-state index contributed by atoms with van der Waals surface area (Å²) >= 11 is 0. The van der Waals surface area contributed by atoms with Crippen molar-refractivity contribution in [2.75, 3.05) is 24.6 Å². The number of phenols is 1. The zero-order chi connectivity index (χ0) is 17.5. The van der Waals surface area contributed by atoms with Crippen LogP contribution in [0.2, 0.25) is 0 Å². The molecule has 1 aromatic rings. The summed E-state index contributed by atoms with van der Waals surface area (Å²) in [6.07, 6.45) is 0.0950. The summed E-state index contributed by atoms with van der Waals surface area (Å²) in [7, 11) is -3.27. The van der Waals surface area contributed by atoms with Gasteiger partial charge >= 0.3 is 0 Å². The molecule has 3 rings (SSSR count). The van der Waals surface area contributed by atoms with E-state index in [1.807, 2.05) is 0 Å². The van der Waals surface area contributed by atoms with E-state index in [0.717, 1.165) is 0 Å². The maximum atomic E-state index is 12.7. The molecule has 2 fully saturated rings. The highest BCUT2D eigenvalue weighted by molar-refractivity contribution is 7.91. The van der Waals surface area contributed by atoms with E-state index in [1.54, 1.807) is 21.9 Å². The van der Waals surface area contributed by atoms with Crippen LogP contribution in [0.5, 0.6) is 5.75 Å². The zero-order valence-electron chi connectivity index (χ0n) is 13.4. The molecule has 2 atom stereocenters. The normalized spacial score (nSPS) is 25.4. The number of piperazine rings is 1. The Kier molecular flexibility index (Phi) is 4.25. The van der Waals surface area contributed by atoms with Crippen LogP contribution in [0.3, 0.4) is 0 Å². The van der Waals surface area contributed by atoms with Crippen molar-refractivity contribution in [2.24, 2.45) is 0 Å². The highest BCUT2D eigenvalue weighted by atomic mass is 32.2. The van der Waals surface area contributed by atoms with E-state index in [4.69, 9.17) is 0 Å². The summed E-state index contributed by atoms with van der Waals surface area (Å²) in [5.74, 6) is -0.457. The predicted octanol–water partition coefficient (Wildman–Crippen LogP) is -0.209. The van der Waals surface area contributed by atoms with Gasteiger partial charge in [-0.05, 0) is 17.7 Å². The van der Waals surface area contributed by atoms with Crippen LogP contribution < -0.4 is 0 Å². The van der Waals surface area contributed by atoms with Gasteiger partial charge in [0, 0.05) is 20.0 Å². The molecule has 2 saturated heterocycles. The third-order valence-electron chi connectivity index (χ3n) is 4.67. The van der Waals surface area contributed by atoms with E-state index in [9.17, 15) is 23.1 Å². The lowest BCUT2D eigenvalue weighted by molar-refractivity contribution is -0.143. The fraction of sp³-hybridized carbons (Fsp3) is 0.500. The van der Waals surface area contributed by atoms with Crippen molar-refractivity contribution in [3.8, 4) is 5.75 Å². The zero-order valence-corrected chi connectivity index (χ0v) is 14.2.